The van der Waals surface area contributed by atoms with Gasteiger partial charge in [0, 0.05) is 0 Å². The third-order valence-electron chi connectivity index (χ3n) is 3.42. The molecule has 17 heavy (non-hydrogen) atoms. The summed E-state index contributed by atoms with van der Waals surface area (Å²) in [7, 11) is 0. The SMILES string of the molecule is CCCCCN(CCCCC)C(N)CCCC. The molecule has 0 radical (unpaired) electrons. The van der Waals surface area contributed by atoms with Gasteiger partial charge in [-0.25, -0.2) is 0 Å². The van der Waals surface area contributed by atoms with Crippen LogP contribution in [0, 0.1) is 0 Å². The van der Waals surface area contributed by atoms with Crippen LogP contribution in [0.5, 0.6) is 0 Å². The highest BCUT2D eigenvalue weighted by Gasteiger charge is 2.12. The predicted molar refractivity (Wildman–Crippen MR) is 78.1 cm³/mol. The van der Waals surface area contributed by atoms with Crippen molar-refractivity contribution in [2.24, 2.45) is 5.73 Å². The summed E-state index contributed by atoms with van der Waals surface area (Å²) in [6, 6.07) is 0. The lowest BCUT2D eigenvalue weighted by atomic mass is 10.1. The lowest BCUT2D eigenvalue weighted by Gasteiger charge is -2.29. The molecule has 0 aliphatic heterocycles. The van der Waals surface area contributed by atoms with E-state index >= 15 is 0 Å². The Kier molecular flexibility index (Phi) is 12.3. The Labute approximate surface area is 109 Å². The van der Waals surface area contributed by atoms with Crippen LogP contribution in [0.1, 0.15) is 78.6 Å². The Morgan fingerprint density at radius 2 is 1.24 bits per heavy atom. The maximum Gasteiger partial charge on any atom is 0.0571 e. The number of hydrogen-bond acceptors (Lipinski definition) is 2. The molecule has 2 heteroatoms. The minimum atomic E-state index is 0.295. The van der Waals surface area contributed by atoms with Gasteiger partial charge in [0.15, 0.2) is 0 Å². The minimum Gasteiger partial charge on any atom is -0.316 e. The summed E-state index contributed by atoms with van der Waals surface area (Å²) in [5.74, 6) is 0. The van der Waals surface area contributed by atoms with Gasteiger partial charge in [-0.15, -0.1) is 0 Å². The highest BCUT2D eigenvalue weighted by Crippen LogP contribution is 2.09. The first-order chi connectivity index (χ1) is 8.26. The monoisotopic (exact) mass is 242 g/mol. The van der Waals surface area contributed by atoms with Gasteiger partial charge in [0.05, 0.1) is 6.17 Å². The van der Waals surface area contributed by atoms with Crippen molar-refractivity contribution >= 4 is 0 Å². The van der Waals surface area contributed by atoms with E-state index in [2.05, 4.69) is 25.7 Å². The Balaban J connectivity index is 3.89. The molecule has 0 heterocycles. The van der Waals surface area contributed by atoms with Crippen molar-refractivity contribution in [1.82, 2.24) is 4.90 Å². The van der Waals surface area contributed by atoms with Crippen molar-refractivity contribution in [3.8, 4) is 0 Å². The fraction of sp³-hybridized carbons (Fsp3) is 1.00. The second kappa shape index (κ2) is 12.4. The number of unbranched alkanes of at least 4 members (excludes halogenated alkanes) is 5. The lowest BCUT2D eigenvalue weighted by molar-refractivity contribution is 0.180. The minimum absolute atomic E-state index is 0.295. The van der Waals surface area contributed by atoms with Crippen LogP contribution in [0.15, 0.2) is 0 Å². The summed E-state index contributed by atoms with van der Waals surface area (Å²) in [6.45, 7) is 9.16. The third-order valence-corrected chi connectivity index (χ3v) is 3.42. The van der Waals surface area contributed by atoms with E-state index in [1.165, 1.54) is 64.5 Å². The highest BCUT2D eigenvalue weighted by molar-refractivity contribution is 4.66. The summed E-state index contributed by atoms with van der Waals surface area (Å²) in [6.07, 6.45) is 11.9. The molecular formula is C15H34N2. The molecule has 0 saturated heterocycles. The van der Waals surface area contributed by atoms with E-state index < -0.39 is 0 Å². The summed E-state index contributed by atoms with van der Waals surface area (Å²) < 4.78 is 0. The van der Waals surface area contributed by atoms with Crippen molar-refractivity contribution in [3.05, 3.63) is 0 Å². The van der Waals surface area contributed by atoms with Gasteiger partial charge in [0.1, 0.15) is 0 Å². The fourth-order valence-corrected chi connectivity index (χ4v) is 2.17. The molecular weight excluding hydrogens is 208 g/mol. The summed E-state index contributed by atoms with van der Waals surface area (Å²) in [5, 5.41) is 0. The van der Waals surface area contributed by atoms with Gasteiger partial charge in [0.2, 0.25) is 0 Å². The van der Waals surface area contributed by atoms with Crippen molar-refractivity contribution in [2.45, 2.75) is 84.7 Å². The standard InChI is InChI=1S/C15H34N2/c1-4-7-10-13-17(14-11-8-5-2)15(16)12-9-6-3/h15H,4-14,16H2,1-3H3. The molecule has 1 atom stereocenters. The van der Waals surface area contributed by atoms with Gasteiger partial charge in [0.25, 0.3) is 0 Å². The summed E-state index contributed by atoms with van der Waals surface area (Å²) in [5.41, 5.74) is 6.29. The van der Waals surface area contributed by atoms with Crippen LogP contribution < -0.4 is 5.73 Å². The molecule has 1 unspecified atom stereocenters. The normalized spacial score (nSPS) is 13.2. The molecule has 0 rings (SSSR count). The average Bonchev–Trinajstić information content (AvgIpc) is 2.34. The molecule has 0 spiro atoms. The predicted octanol–water partition coefficient (Wildman–Crippen LogP) is 4.14. The number of hydrogen-bond donors (Lipinski definition) is 1. The first-order valence-electron chi connectivity index (χ1n) is 7.75. The van der Waals surface area contributed by atoms with Gasteiger partial charge < -0.3 is 5.73 Å². The molecule has 0 aromatic carbocycles. The lowest BCUT2D eigenvalue weighted by Crippen LogP contribution is -2.43. The van der Waals surface area contributed by atoms with Crippen LogP contribution in [0.3, 0.4) is 0 Å². The Hall–Kier alpha value is -0.0800. The molecule has 0 aromatic heterocycles. The Morgan fingerprint density at radius 1 is 0.765 bits per heavy atom. The van der Waals surface area contributed by atoms with Crippen LogP contribution in [0.2, 0.25) is 0 Å². The second-order valence-corrected chi connectivity index (χ2v) is 5.16. The number of rotatable bonds is 12. The largest absolute Gasteiger partial charge is 0.316 e. The van der Waals surface area contributed by atoms with Gasteiger partial charge >= 0.3 is 0 Å². The van der Waals surface area contributed by atoms with E-state index in [9.17, 15) is 0 Å². The van der Waals surface area contributed by atoms with Crippen molar-refractivity contribution in [1.29, 1.82) is 0 Å². The molecule has 0 bridgehead atoms. The van der Waals surface area contributed by atoms with Gasteiger partial charge in [-0.1, -0.05) is 59.3 Å². The molecule has 2 nitrogen and oxygen atoms in total. The molecule has 0 amide bonds. The van der Waals surface area contributed by atoms with E-state index in [1.807, 2.05) is 0 Å². The quantitative estimate of drug-likeness (QED) is 0.411. The Morgan fingerprint density at radius 3 is 1.65 bits per heavy atom. The van der Waals surface area contributed by atoms with Crippen molar-refractivity contribution in [2.75, 3.05) is 13.1 Å². The van der Waals surface area contributed by atoms with Crippen LogP contribution in [-0.4, -0.2) is 24.2 Å². The van der Waals surface area contributed by atoms with Crippen molar-refractivity contribution in [3.63, 3.8) is 0 Å². The molecule has 0 aliphatic carbocycles. The molecule has 0 saturated carbocycles. The fourth-order valence-electron chi connectivity index (χ4n) is 2.17. The summed E-state index contributed by atoms with van der Waals surface area (Å²) >= 11 is 0. The smallest absolute Gasteiger partial charge is 0.0571 e. The molecule has 2 N–H and O–H groups in total. The van der Waals surface area contributed by atoms with E-state index in [0.717, 1.165) is 6.42 Å². The molecule has 0 aliphatic rings. The zero-order valence-corrected chi connectivity index (χ0v) is 12.4. The van der Waals surface area contributed by atoms with E-state index in [0.29, 0.717) is 6.17 Å². The average molecular weight is 242 g/mol. The molecule has 0 fully saturated rings. The first-order valence-corrected chi connectivity index (χ1v) is 7.75. The van der Waals surface area contributed by atoms with Gasteiger partial charge in [-0.05, 0) is 32.4 Å². The van der Waals surface area contributed by atoms with E-state index in [-0.39, 0.29) is 0 Å². The molecule has 104 valence electrons. The van der Waals surface area contributed by atoms with E-state index in [4.69, 9.17) is 5.73 Å². The van der Waals surface area contributed by atoms with Crippen LogP contribution in [-0.2, 0) is 0 Å². The van der Waals surface area contributed by atoms with E-state index in [1.54, 1.807) is 0 Å². The first kappa shape index (κ1) is 16.9. The topological polar surface area (TPSA) is 29.3 Å². The van der Waals surface area contributed by atoms with Gasteiger partial charge in [-0.2, -0.15) is 0 Å². The maximum atomic E-state index is 6.29. The second-order valence-electron chi connectivity index (χ2n) is 5.16. The van der Waals surface area contributed by atoms with Crippen LogP contribution in [0.4, 0.5) is 0 Å². The number of nitrogens with zero attached hydrogens (tertiary/aromatic N) is 1. The van der Waals surface area contributed by atoms with Crippen LogP contribution >= 0.6 is 0 Å². The third kappa shape index (κ3) is 9.61. The zero-order valence-electron chi connectivity index (χ0n) is 12.4. The molecule has 0 aromatic rings. The highest BCUT2D eigenvalue weighted by atomic mass is 15.2. The van der Waals surface area contributed by atoms with Crippen LogP contribution in [0.25, 0.3) is 0 Å². The Bertz CT molecular complexity index is 138. The zero-order chi connectivity index (χ0) is 12.9. The van der Waals surface area contributed by atoms with Crippen molar-refractivity contribution < 1.29 is 0 Å². The number of nitrogens with two attached hydrogens (primary N) is 1. The summed E-state index contributed by atoms with van der Waals surface area (Å²) in [4.78, 5) is 2.51. The maximum absolute atomic E-state index is 6.29. The van der Waals surface area contributed by atoms with Gasteiger partial charge in [-0.3, -0.25) is 4.90 Å².